The third-order valence-electron chi connectivity index (χ3n) is 3.88. The summed E-state index contributed by atoms with van der Waals surface area (Å²) < 4.78 is 10.9. The average molecular weight is 256 g/mol. The molecule has 0 aromatic heterocycles. The third kappa shape index (κ3) is 8.10. The standard InChI is InChI=1S/C16H32O2/c1-3-4-10-15(2)11-8-6-5-7-9-12-16-17-13-14-18-16/h15-16H,3-14H2,1-2H3. The molecule has 1 aliphatic rings. The van der Waals surface area contributed by atoms with Crippen LogP contribution in [0.25, 0.3) is 0 Å². The molecule has 0 spiro atoms. The minimum absolute atomic E-state index is 0.110. The van der Waals surface area contributed by atoms with Crippen molar-refractivity contribution in [1.29, 1.82) is 0 Å². The molecule has 18 heavy (non-hydrogen) atoms. The SMILES string of the molecule is CCCCC(C)CCCCCCCC1OCCO1. The van der Waals surface area contributed by atoms with Gasteiger partial charge in [0.2, 0.25) is 0 Å². The molecule has 1 saturated heterocycles. The van der Waals surface area contributed by atoms with Gasteiger partial charge < -0.3 is 9.47 Å². The Morgan fingerprint density at radius 2 is 1.50 bits per heavy atom. The molecule has 1 rings (SSSR count). The van der Waals surface area contributed by atoms with Crippen molar-refractivity contribution in [3.63, 3.8) is 0 Å². The van der Waals surface area contributed by atoms with Crippen LogP contribution < -0.4 is 0 Å². The normalized spacial score (nSPS) is 18.3. The first-order valence-corrected chi connectivity index (χ1v) is 8.06. The van der Waals surface area contributed by atoms with Crippen molar-refractivity contribution < 1.29 is 9.47 Å². The fourth-order valence-corrected chi connectivity index (χ4v) is 2.60. The van der Waals surface area contributed by atoms with Gasteiger partial charge in [0, 0.05) is 0 Å². The van der Waals surface area contributed by atoms with Crippen LogP contribution in [0.3, 0.4) is 0 Å². The van der Waals surface area contributed by atoms with Crippen LogP contribution in [0.15, 0.2) is 0 Å². The monoisotopic (exact) mass is 256 g/mol. The molecule has 0 aromatic rings. The Morgan fingerprint density at radius 3 is 2.22 bits per heavy atom. The van der Waals surface area contributed by atoms with E-state index in [-0.39, 0.29) is 6.29 Å². The van der Waals surface area contributed by atoms with E-state index >= 15 is 0 Å². The van der Waals surface area contributed by atoms with Gasteiger partial charge >= 0.3 is 0 Å². The lowest BCUT2D eigenvalue weighted by atomic mass is 9.97. The van der Waals surface area contributed by atoms with E-state index in [2.05, 4.69) is 13.8 Å². The Morgan fingerprint density at radius 1 is 0.889 bits per heavy atom. The quantitative estimate of drug-likeness (QED) is 0.489. The summed E-state index contributed by atoms with van der Waals surface area (Å²) in [6, 6.07) is 0. The summed E-state index contributed by atoms with van der Waals surface area (Å²) in [5.41, 5.74) is 0. The molecule has 1 unspecified atom stereocenters. The van der Waals surface area contributed by atoms with Crippen LogP contribution in [-0.4, -0.2) is 19.5 Å². The van der Waals surface area contributed by atoms with Gasteiger partial charge in [-0.15, -0.1) is 0 Å². The minimum Gasteiger partial charge on any atom is -0.350 e. The Labute approximate surface area is 113 Å². The highest BCUT2D eigenvalue weighted by atomic mass is 16.7. The first-order valence-electron chi connectivity index (χ1n) is 8.06. The molecule has 0 amide bonds. The Kier molecular flexibility index (Phi) is 9.59. The van der Waals surface area contributed by atoms with E-state index in [1.54, 1.807) is 0 Å². The molecule has 108 valence electrons. The van der Waals surface area contributed by atoms with Crippen molar-refractivity contribution >= 4 is 0 Å². The highest BCUT2D eigenvalue weighted by molar-refractivity contribution is 4.56. The van der Waals surface area contributed by atoms with Crippen LogP contribution in [0.1, 0.15) is 78.1 Å². The van der Waals surface area contributed by atoms with Crippen LogP contribution in [0.5, 0.6) is 0 Å². The van der Waals surface area contributed by atoms with Gasteiger partial charge in [-0.2, -0.15) is 0 Å². The van der Waals surface area contributed by atoms with Gasteiger partial charge in [0.25, 0.3) is 0 Å². The average Bonchev–Trinajstić information content (AvgIpc) is 2.88. The van der Waals surface area contributed by atoms with Crippen molar-refractivity contribution in [2.24, 2.45) is 5.92 Å². The van der Waals surface area contributed by atoms with E-state index in [0.29, 0.717) is 0 Å². The predicted molar refractivity (Wildman–Crippen MR) is 76.7 cm³/mol. The second-order valence-electron chi connectivity index (χ2n) is 5.76. The molecule has 2 heteroatoms. The predicted octanol–water partition coefficient (Wildman–Crippen LogP) is 4.92. The molecule has 0 bridgehead atoms. The van der Waals surface area contributed by atoms with Gasteiger partial charge in [0.05, 0.1) is 13.2 Å². The van der Waals surface area contributed by atoms with E-state index in [4.69, 9.17) is 9.47 Å². The Hall–Kier alpha value is -0.0800. The lowest BCUT2D eigenvalue weighted by molar-refractivity contribution is -0.0480. The fourth-order valence-electron chi connectivity index (χ4n) is 2.60. The topological polar surface area (TPSA) is 18.5 Å². The first kappa shape index (κ1) is 16.0. The molecule has 0 radical (unpaired) electrons. The second-order valence-corrected chi connectivity index (χ2v) is 5.76. The molecule has 0 aliphatic carbocycles. The van der Waals surface area contributed by atoms with Gasteiger partial charge in [0.1, 0.15) is 0 Å². The summed E-state index contributed by atoms with van der Waals surface area (Å²) in [5.74, 6) is 0.935. The summed E-state index contributed by atoms with van der Waals surface area (Å²) in [7, 11) is 0. The smallest absolute Gasteiger partial charge is 0.157 e. The maximum Gasteiger partial charge on any atom is 0.157 e. The van der Waals surface area contributed by atoms with Crippen molar-refractivity contribution in [2.75, 3.05) is 13.2 Å². The van der Waals surface area contributed by atoms with Crippen molar-refractivity contribution in [3.8, 4) is 0 Å². The molecule has 0 saturated carbocycles. The summed E-state index contributed by atoms with van der Waals surface area (Å²) in [6.07, 6.45) is 13.6. The fraction of sp³-hybridized carbons (Fsp3) is 1.00. The van der Waals surface area contributed by atoms with Gasteiger partial charge in [-0.3, -0.25) is 0 Å². The number of hydrogen-bond donors (Lipinski definition) is 0. The van der Waals surface area contributed by atoms with Crippen LogP contribution in [0.4, 0.5) is 0 Å². The number of rotatable bonds is 11. The molecule has 1 heterocycles. The highest BCUT2D eigenvalue weighted by Gasteiger charge is 2.14. The summed E-state index contributed by atoms with van der Waals surface area (Å²) in [5, 5.41) is 0. The highest BCUT2D eigenvalue weighted by Crippen LogP contribution is 2.18. The van der Waals surface area contributed by atoms with Crippen LogP contribution in [0, 0.1) is 5.92 Å². The number of unbranched alkanes of at least 4 members (excludes halogenated alkanes) is 5. The number of ether oxygens (including phenoxy) is 2. The van der Waals surface area contributed by atoms with Crippen LogP contribution >= 0.6 is 0 Å². The molecule has 1 aliphatic heterocycles. The molecule has 2 nitrogen and oxygen atoms in total. The Balaban J connectivity index is 1.77. The Bertz CT molecular complexity index is 176. The van der Waals surface area contributed by atoms with E-state index in [1.807, 2.05) is 0 Å². The summed E-state index contributed by atoms with van der Waals surface area (Å²) in [4.78, 5) is 0. The molecule has 0 N–H and O–H groups in total. The van der Waals surface area contributed by atoms with Crippen LogP contribution in [-0.2, 0) is 9.47 Å². The number of hydrogen-bond acceptors (Lipinski definition) is 2. The molecular weight excluding hydrogens is 224 g/mol. The van der Waals surface area contributed by atoms with Gasteiger partial charge in [0.15, 0.2) is 6.29 Å². The van der Waals surface area contributed by atoms with E-state index < -0.39 is 0 Å². The summed E-state index contributed by atoms with van der Waals surface area (Å²) in [6.45, 7) is 6.27. The van der Waals surface area contributed by atoms with Gasteiger partial charge in [-0.25, -0.2) is 0 Å². The van der Waals surface area contributed by atoms with Gasteiger partial charge in [-0.1, -0.05) is 65.2 Å². The second kappa shape index (κ2) is 10.8. The minimum atomic E-state index is 0.110. The molecule has 0 aromatic carbocycles. The first-order chi connectivity index (χ1) is 8.83. The summed E-state index contributed by atoms with van der Waals surface area (Å²) >= 11 is 0. The third-order valence-corrected chi connectivity index (χ3v) is 3.88. The van der Waals surface area contributed by atoms with Crippen molar-refractivity contribution in [1.82, 2.24) is 0 Å². The molecule has 1 fully saturated rings. The van der Waals surface area contributed by atoms with Crippen LogP contribution in [0.2, 0.25) is 0 Å². The van der Waals surface area contributed by atoms with E-state index in [9.17, 15) is 0 Å². The largest absolute Gasteiger partial charge is 0.350 e. The lowest BCUT2D eigenvalue weighted by Gasteiger charge is -2.10. The zero-order chi connectivity index (χ0) is 13.1. The lowest BCUT2D eigenvalue weighted by Crippen LogP contribution is -2.06. The maximum absolute atomic E-state index is 5.43. The zero-order valence-corrected chi connectivity index (χ0v) is 12.5. The maximum atomic E-state index is 5.43. The van der Waals surface area contributed by atoms with E-state index in [0.717, 1.165) is 25.6 Å². The zero-order valence-electron chi connectivity index (χ0n) is 12.5. The van der Waals surface area contributed by atoms with Gasteiger partial charge in [-0.05, 0) is 18.8 Å². The van der Waals surface area contributed by atoms with Crippen molar-refractivity contribution in [3.05, 3.63) is 0 Å². The van der Waals surface area contributed by atoms with Crippen molar-refractivity contribution in [2.45, 2.75) is 84.3 Å². The van der Waals surface area contributed by atoms with E-state index in [1.165, 1.54) is 57.8 Å². The molecule has 1 atom stereocenters. The molecular formula is C16H32O2.